The van der Waals surface area contributed by atoms with Gasteiger partial charge in [-0.05, 0) is 26.8 Å². The Morgan fingerprint density at radius 3 is 2.65 bits per heavy atom. The fourth-order valence-corrected chi connectivity index (χ4v) is 3.19. The van der Waals surface area contributed by atoms with Crippen LogP contribution in [0.15, 0.2) is 0 Å². The smallest absolute Gasteiger partial charge is 0.185 e. The van der Waals surface area contributed by atoms with E-state index in [0.717, 1.165) is 57.4 Å². The Morgan fingerprint density at radius 2 is 2.05 bits per heavy atom. The molecule has 0 spiro atoms. The summed E-state index contributed by atoms with van der Waals surface area (Å²) < 4.78 is 5.46. The van der Waals surface area contributed by atoms with Gasteiger partial charge in [-0.25, -0.2) is 4.98 Å². The molecule has 116 valence electrons. The lowest BCUT2D eigenvalue weighted by atomic mass is 10.2. The van der Waals surface area contributed by atoms with E-state index in [0.29, 0.717) is 0 Å². The average molecular weight is 299 g/mol. The summed E-state index contributed by atoms with van der Waals surface area (Å²) in [5, 5.41) is 4.56. The van der Waals surface area contributed by atoms with Gasteiger partial charge in [0.15, 0.2) is 5.13 Å². The lowest BCUT2D eigenvalue weighted by molar-refractivity contribution is 0.154. The summed E-state index contributed by atoms with van der Waals surface area (Å²) in [7, 11) is 0. The molecule has 0 atom stereocenters. The third kappa shape index (κ3) is 5.38. The minimum atomic E-state index is 0.773. The number of hydrogen-bond acceptors (Lipinski definition) is 5. The minimum Gasteiger partial charge on any atom is -0.380 e. The Balaban J connectivity index is 2.75. The van der Waals surface area contributed by atoms with E-state index in [1.54, 1.807) is 0 Å². The zero-order valence-corrected chi connectivity index (χ0v) is 14.2. The number of nitrogens with one attached hydrogen (secondary N) is 1. The molecule has 0 aromatic carbocycles. The molecule has 0 saturated heterocycles. The Labute approximate surface area is 127 Å². The first-order valence-electron chi connectivity index (χ1n) is 7.78. The number of thiazole rings is 1. The van der Waals surface area contributed by atoms with Crippen molar-refractivity contribution in [1.82, 2.24) is 10.3 Å². The number of nitrogens with zero attached hydrogens (tertiary/aromatic N) is 2. The number of aryl methyl sites for hydroxylation is 1. The van der Waals surface area contributed by atoms with Crippen LogP contribution in [0.2, 0.25) is 0 Å². The Morgan fingerprint density at radius 1 is 1.25 bits per heavy atom. The van der Waals surface area contributed by atoms with Crippen LogP contribution in [0.5, 0.6) is 0 Å². The van der Waals surface area contributed by atoms with Crippen molar-refractivity contribution in [2.45, 2.75) is 47.1 Å². The molecule has 20 heavy (non-hydrogen) atoms. The second-order valence-corrected chi connectivity index (χ2v) is 5.74. The molecule has 0 aliphatic rings. The zero-order chi connectivity index (χ0) is 14.8. The molecule has 5 heteroatoms. The maximum absolute atomic E-state index is 5.46. The van der Waals surface area contributed by atoms with Gasteiger partial charge in [0.2, 0.25) is 0 Å². The molecule has 0 amide bonds. The summed E-state index contributed by atoms with van der Waals surface area (Å²) >= 11 is 1.83. The second-order valence-electron chi connectivity index (χ2n) is 4.67. The van der Waals surface area contributed by atoms with Crippen molar-refractivity contribution < 1.29 is 4.74 Å². The number of hydrogen-bond donors (Lipinski definition) is 1. The number of rotatable bonds is 11. The number of aromatic nitrogens is 1. The van der Waals surface area contributed by atoms with Crippen LogP contribution in [-0.4, -0.2) is 37.8 Å². The number of anilines is 1. The first-order chi connectivity index (χ1) is 9.76. The van der Waals surface area contributed by atoms with Crippen LogP contribution in [0.3, 0.4) is 0 Å². The number of likely N-dealkylation sites (N-methyl/N-ethyl adjacent to an activating group) is 1. The Bertz CT molecular complexity index is 368. The molecule has 1 aromatic rings. The van der Waals surface area contributed by atoms with Gasteiger partial charge in [-0.1, -0.05) is 20.3 Å². The van der Waals surface area contributed by atoms with Crippen LogP contribution in [-0.2, 0) is 17.7 Å². The largest absolute Gasteiger partial charge is 0.380 e. The molecule has 1 rings (SSSR count). The van der Waals surface area contributed by atoms with Crippen LogP contribution < -0.4 is 10.2 Å². The van der Waals surface area contributed by atoms with E-state index < -0.39 is 0 Å². The third-order valence-electron chi connectivity index (χ3n) is 3.15. The van der Waals surface area contributed by atoms with E-state index in [-0.39, 0.29) is 0 Å². The fourth-order valence-electron chi connectivity index (χ4n) is 2.02. The summed E-state index contributed by atoms with van der Waals surface area (Å²) in [6.07, 6.45) is 2.22. The monoisotopic (exact) mass is 299 g/mol. The average Bonchev–Trinajstić information content (AvgIpc) is 2.85. The summed E-state index contributed by atoms with van der Waals surface area (Å²) in [6, 6.07) is 0. The van der Waals surface area contributed by atoms with Crippen molar-refractivity contribution in [2.24, 2.45) is 0 Å². The van der Waals surface area contributed by atoms with E-state index >= 15 is 0 Å². The van der Waals surface area contributed by atoms with Gasteiger partial charge in [0.25, 0.3) is 0 Å². The van der Waals surface area contributed by atoms with Crippen LogP contribution in [0.4, 0.5) is 5.13 Å². The molecule has 0 unspecified atom stereocenters. The molecular formula is C15H29N3OS. The standard InChI is InChI=1S/C15H29N3OS/c1-5-9-13-14(12-16-6-2)20-15(17-13)18(7-3)10-11-19-8-4/h16H,5-12H2,1-4H3. The maximum Gasteiger partial charge on any atom is 0.185 e. The van der Waals surface area contributed by atoms with Crippen molar-refractivity contribution in [2.75, 3.05) is 37.7 Å². The molecule has 0 aliphatic carbocycles. The third-order valence-corrected chi connectivity index (χ3v) is 4.31. The minimum absolute atomic E-state index is 0.773. The zero-order valence-electron chi connectivity index (χ0n) is 13.4. The highest BCUT2D eigenvalue weighted by atomic mass is 32.1. The van der Waals surface area contributed by atoms with Gasteiger partial charge in [-0.15, -0.1) is 11.3 Å². The first-order valence-corrected chi connectivity index (χ1v) is 8.60. The summed E-state index contributed by atoms with van der Waals surface area (Å²) in [6.45, 7) is 14.0. The van der Waals surface area contributed by atoms with Gasteiger partial charge in [0.05, 0.1) is 12.3 Å². The SMILES string of the molecule is CCCc1nc(N(CC)CCOCC)sc1CNCC. The van der Waals surface area contributed by atoms with E-state index in [2.05, 4.69) is 31.0 Å². The van der Waals surface area contributed by atoms with Gasteiger partial charge in [0, 0.05) is 31.1 Å². The Kier molecular flexibility index (Phi) is 8.82. The first kappa shape index (κ1) is 17.4. The molecule has 1 N–H and O–H groups in total. The molecule has 0 bridgehead atoms. The fraction of sp³-hybridized carbons (Fsp3) is 0.800. The summed E-state index contributed by atoms with van der Waals surface area (Å²) in [4.78, 5) is 8.55. The topological polar surface area (TPSA) is 37.4 Å². The maximum atomic E-state index is 5.46. The van der Waals surface area contributed by atoms with Crippen LogP contribution in [0.25, 0.3) is 0 Å². The van der Waals surface area contributed by atoms with Gasteiger partial charge >= 0.3 is 0 Å². The van der Waals surface area contributed by atoms with E-state index in [1.165, 1.54) is 10.6 Å². The lowest BCUT2D eigenvalue weighted by Crippen LogP contribution is -2.27. The highest BCUT2D eigenvalue weighted by molar-refractivity contribution is 7.15. The molecule has 0 aliphatic heterocycles. The van der Waals surface area contributed by atoms with Crippen molar-refractivity contribution in [3.63, 3.8) is 0 Å². The molecule has 0 radical (unpaired) electrons. The normalized spacial score (nSPS) is 11.0. The van der Waals surface area contributed by atoms with Gasteiger partial charge in [-0.2, -0.15) is 0 Å². The molecule has 0 saturated carbocycles. The highest BCUT2D eigenvalue weighted by Crippen LogP contribution is 2.27. The molecule has 1 aromatic heterocycles. The molecular weight excluding hydrogens is 270 g/mol. The van der Waals surface area contributed by atoms with Crippen LogP contribution in [0, 0.1) is 0 Å². The molecule has 1 heterocycles. The molecule has 4 nitrogen and oxygen atoms in total. The molecule has 0 fully saturated rings. The predicted octanol–water partition coefficient (Wildman–Crippen LogP) is 3.07. The van der Waals surface area contributed by atoms with Crippen molar-refractivity contribution in [3.8, 4) is 0 Å². The summed E-state index contributed by atoms with van der Waals surface area (Å²) in [5.41, 5.74) is 1.27. The predicted molar refractivity (Wildman–Crippen MR) is 87.9 cm³/mol. The van der Waals surface area contributed by atoms with E-state index in [9.17, 15) is 0 Å². The van der Waals surface area contributed by atoms with Gasteiger partial charge in [-0.3, -0.25) is 0 Å². The highest BCUT2D eigenvalue weighted by Gasteiger charge is 2.14. The van der Waals surface area contributed by atoms with Gasteiger partial charge in [0.1, 0.15) is 0 Å². The van der Waals surface area contributed by atoms with Crippen molar-refractivity contribution in [3.05, 3.63) is 10.6 Å². The van der Waals surface area contributed by atoms with E-state index in [4.69, 9.17) is 9.72 Å². The Hall–Kier alpha value is -0.650. The van der Waals surface area contributed by atoms with Crippen LogP contribution in [0.1, 0.15) is 44.7 Å². The van der Waals surface area contributed by atoms with Crippen molar-refractivity contribution in [1.29, 1.82) is 0 Å². The quantitative estimate of drug-likeness (QED) is 0.637. The lowest BCUT2D eigenvalue weighted by Gasteiger charge is -2.19. The van der Waals surface area contributed by atoms with Crippen LogP contribution >= 0.6 is 11.3 Å². The summed E-state index contributed by atoms with van der Waals surface area (Å²) in [5.74, 6) is 0. The van der Waals surface area contributed by atoms with E-state index in [1.807, 2.05) is 18.3 Å². The van der Waals surface area contributed by atoms with Gasteiger partial charge < -0.3 is 15.0 Å². The van der Waals surface area contributed by atoms with Crippen molar-refractivity contribution >= 4 is 16.5 Å². The second kappa shape index (κ2) is 10.1. The number of ether oxygens (including phenoxy) is 1.